The lowest BCUT2D eigenvalue weighted by Crippen LogP contribution is -2.15. The molecule has 2 rings (SSSR count). The smallest absolute Gasteiger partial charge is 0.123 e. The molecule has 0 saturated heterocycles. The van der Waals surface area contributed by atoms with Crippen LogP contribution in [0.1, 0.15) is 56.9 Å². The molecule has 1 fully saturated rings. The van der Waals surface area contributed by atoms with Gasteiger partial charge in [-0.25, -0.2) is 4.39 Å². The van der Waals surface area contributed by atoms with Crippen LogP contribution in [-0.4, -0.2) is 12.2 Å². The maximum Gasteiger partial charge on any atom is 0.123 e. The Balaban J connectivity index is 0.00000106. The molecule has 2 nitrogen and oxygen atoms in total. The van der Waals surface area contributed by atoms with Crippen molar-refractivity contribution in [2.75, 3.05) is 7.05 Å². The molecule has 1 saturated carbocycles. The SMILES string of the molecule is CC/C=C(/O)CC1CCCC(c2ccc(F)cc2)C1.CN. The molecular weight excluding hydrogens is 265 g/mol. The molecule has 1 aliphatic carbocycles. The quantitative estimate of drug-likeness (QED) is 0.774. The van der Waals surface area contributed by atoms with Crippen LogP contribution in [-0.2, 0) is 0 Å². The molecule has 1 aromatic carbocycles. The average molecular weight is 293 g/mol. The van der Waals surface area contributed by atoms with E-state index in [1.807, 2.05) is 25.1 Å². The minimum Gasteiger partial charge on any atom is -0.513 e. The molecule has 3 heteroatoms. The topological polar surface area (TPSA) is 46.2 Å². The predicted octanol–water partition coefficient (Wildman–Crippen LogP) is 4.92. The van der Waals surface area contributed by atoms with E-state index in [-0.39, 0.29) is 5.82 Å². The summed E-state index contributed by atoms with van der Waals surface area (Å²) in [6.07, 6.45) is 8.27. The van der Waals surface area contributed by atoms with Crippen LogP contribution in [0, 0.1) is 11.7 Å². The van der Waals surface area contributed by atoms with E-state index in [4.69, 9.17) is 0 Å². The summed E-state index contributed by atoms with van der Waals surface area (Å²) in [5, 5.41) is 9.81. The molecule has 1 aliphatic rings. The normalized spacial score (nSPS) is 22.4. The first-order chi connectivity index (χ1) is 10.2. The van der Waals surface area contributed by atoms with E-state index < -0.39 is 0 Å². The van der Waals surface area contributed by atoms with Gasteiger partial charge >= 0.3 is 0 Å². The van der Waals surface area contributed by atoms with Crippen LogP contribution in [0.15, 0.2) is 36.1 Å². The van der Waals surface area contributed by atoms with E-state index >= 15 is 0 Å². The number of aliphatic hydroxyl groups is 1. The Morgan fingerprint density at radius 2 is 1.95 bits per heavy atom. The first-order valence-corrected chi connectivity index (χ1v) is 7.90. The van der Waals surface area contributed by atoms with E-state index in [1.165, 1.54) is 31.9 Å². The summed E-state index contributed by atoms with van der Waals surface area (Å²) in [6.45, 7) is 2.04. The van der Waals surface area contributed by atoms with Crippen molar-refractivity contribution in [3.63, 3.8) is 0 Å². The number of hydrogen-bond acceptors (Lipinski definition) is 2. The van der Waals surface area contributed by atoms with Gasteiger partial charge in [0.05, 0.1) is 5.76 Å². The molecule has 0 aromatic heterocycles. The lowest BCUT2D eigenvalue weighted by molar-refractivity contribution is 0.276. The second-order valence-corrected chi connectivity index (χ2v) is 5.59. The van der Waals surface area contributed by atoms with Crippen molar-refractivity contribution >= 4 is 0 Å². The Bertz CT molecular complexity index is 427. The van der Waals surface area contributed by atoms with Gasteiger partial charge in [0, 0.05) is 6.42 Å². The number of hydrogen-bond donors (Lipinski definition) is 2. The van der Waals surface area contributed by atoms with Crippen LogP contribution in [0.4, 0.5) is 4.39 Å². The summed E-state index contributed by atoms with van der Waals surface area (Å²) in [5.74, 6) is 1.45. The molecule has 3 N–H and O–H groups in total. The highest BCUT2D eigenvalue weighted by molar-refractivity contribution is 5.21. The average Bonchev–Trinajstić information content (AvgIpc) is 2.50. The van der Waals surface area contributed by atoms with Gasteiger partial charge in [0.25, 0.3) is 0 Å². The summed E-state index contributed by atoms with van der Waals surface area (Å²) < 4.78 is 12.9. The highest BCUT2D eigenvalue weighted by Crippen LogP contribution is 2.38. The Kier molecular flexibility index (Phi) is 8.06. The molecule has 0 radical (unpaired) electrons. The first-order valence-electron chi connectivity index (χ1n) is 7.90. The minimum atomic E-state index is -0.167. The van der Waals surface area contributed by atoms with Crippen molar-refractivity contribution in [3.8, 4) is 0 Å². The monoisotopic (exact) mass is 293 g/mol. The van der Waals surface area contributed by atoms with Crippen molar-refractivity contribution in [1.29, 1.82) is 0 Å². The van der Waals surface area contributed by atoms with Gasteiger partial charge in [-0.05, 0) is 68.3 Å². The fraction of sp³-hybridized carbons (Fsp3) is 0.556. The number of rotatable bonds is 4. The van der Waals surface area contributed by atoms with Crippen molar-refractivity contribution in [2.24, 2.45) is 11.7 Å². The molecule has 2 unspecified atom stereocenters. The maximum absolute atomic E-state index is 12.9. The molecule has 0 spiro atoms. The molecular formula is C18H28FNO. The Labute approximate surface area is 127 Å². The van der Waals surface area contributed by atoms with Gasteiger partial charge in [-0.15, -0.1) is 0 Å². The first kappa shape index (κ1) is 17.7. The van der Waals surface area contributed by atoms with Crippen LogP contribution in [0.5, 0.6) is 0 Å². The minimum absolute atomic E-state index is 0.167. The van der Waals surface area contributed by atoms with E-state index in [2.05, 4.69) is 5.73 Å². The predicted molar refractivity (Wildman–Crippen MR) is 86.8 cm³/mol. The maximum atomic E-state index is 12.9. The molecule has 118 valence electrons. The standard InChI is InChI=1S/C17H23FO.CH5N/c1-2-4-17(19)12-13-5-3-6-15(11-13)14-7-9-16(18)10-8-14;1-2/h4,7-10,13,15,19H,2-3,5-6,11-12H2,1H3;2H2,1H3/b17-4+;. The van der Waals surface area contributed by atoms with Crippen LogP contribution < -0.4 is 5.73 Å². The Morgan fingerprint density at radius 1 is 1.29 bits per heavy atom. The van der Waals surface area contributed by atoms with E-state index in [9.17, 15) is 9.50 Å². The highest BCUT2D eigenvalue weighted by Gasteiger charge is 2.23. The van der Waals surface area contributed by atoms with Gasteiger partial charge < -0.3 is 10.8 Å². The fourth-order valence-electron chi connectivity index (χ4n) is 3.13. The molecule has 0 heterocycles. The summed E-state index contributed by atoms with van der Waals surface area (Å²) >= 11 is 0. The van der Waals surface area contributed by atoms with Gasteiger partial charge in [-0.1, -0.05) is 25.5 Å². The van der Waals surface area contributed by atoms with E-state index in [1.54, 1.807) is 12.1 Å². The lowest BCUT2D eigenvalue weighted by Gasteiger charge is -2.29. The largest absolute Gasteiger partial charge is 0.513 e. The van der Waals surface area contributed by atoms with Gasteiger partial charge in [0.2, 0.25) is 0 Å². The van der Waals surface area contributed by atoms with Crippen LogP contribution >= 0.6 is 0 Å². The summed E-state index contributed by atoms with van der Waals surface area (Å²) in [6, 6.07) is 6.91. The second kappa shape index (κ2) is 9.56. The molecule has 21 heavy (non-hydrogen) atoms. The number of nitrogens with two attached hydrogens (primary N) is 1. The third kappa shape index (κ3) is 5.88. The third-order valence-corrected chi connectivity index (χ3v) is 4.06. The Hall–Kier alpha value is -1.35. The van der Waals surface area contributed by atoms with Gasteiger partial charge in [0.15, 0.2) is 0 Å². The summed E-state index contributed by atoms with van der Waals surface area (Å²) in [7, 11) is 1.50. The Morgan fingerprint density at radius 3 is 2.57 bits per heavy atom. The highest BCUT2D eigenvalue weighted by atomic mass is 19.1. The van der Waals surface area contributed by atoms with Crippen molar-refractivity contribution < 1.29 is 9.50 Å². The zero-order chi connectivity index (χ0) is 15.7. The van der Waals surface area contributed by atoms with Crippen LogP contribution in [0.3, 0.4) is 0 Å². The van der Waals surface area contributed by atoms with Crippen molar-refractivity contribution in [3.05, 3.63) is 47.5 Å². The number of benzene rings is 1. The van der Waals surface area contributed by atoms with Crippen molar-refractivity contribution in [2.45, 2.75) is 51.4 Å². The molecule has 0 bridgehead atoms. The fourth-order valence-corrected chi connectivity index (χ4v) is 3.13. The molecule has 0 aliphatic heterocycles. The van der Waals surface area contributed by atoms with Gasteiger partial charge in [-0.3, -0.25) is 0 Å². The summed E-state index contributed by atoms with van der Waals surface area (Å²) in [5.41, 5.74) is 5.74. The number of halogens is 1. The molecule has 2 atom stereocenters. The third-order valence-electron chi connectivity index (χ3n) is 4.06. The van der Waals surface area contributed by atoms with Gasteiger partial charge in [-0.2, -0.15) is 0 Å². The van der Waals surface area contributed by atoms with Crippen molar-refractivity contribution in [1.82, 2.24) is 0 Å². The lowest BCUT2D eigenvalue weighted by atomic mass is 9.76. The van der Waals surface area contributed by atoms with E-state index in [0.29, 0.717) is 17.6 Å². The number of allylic oxidation sites excluding steroid dienone is 2. The zero-order valence-electron chi connectivity index (χ0n) is 13.2. The zero-order valence-corrected chi connectivity index (χ0v) is 13.2. The number of aliphatic hydroxyl groups excluding tert-OH is 1. The molecule has 0 amide bonds. The van der Waals surface area contributed by atoms with Crippen LogP contribution in [0.2, 0.25) is 0 Å². The van der Waals surface area contributed by atoms with E-state index in [0.717, 1.165) is 19.3 Å². The second-order valence-electron chi connectivity index (χ2n) is 5.59. The molecule has 1 aromatic rings. The van der Waals surface area contributed by atoms with Gasteiger partial charge in [0.1, 0.15) is 5.82 Å². The van der Waals surface area contributed by atoms with Crippen LogP contribution in [0.25, 0.3) is 0 Å². The summed E-state index contributed by atoms with van der Waals surface area (Å²) in [4.78, 5) is 0.